The number of allylic oxidation sites excluding steroid dienone is 5. The lowest BCUT2D eigenvalue weighted by Crippen LogP contribution is -2.45. The second-order valence-corrected chi connectivity index (χ2v) is 26.6. The second-order valence-electron chi connectivity index (χ2n) is 25.2. The molecule has 0 aromatic heterocycles. The van der Waals surface area contributed by atoms with Crippen LogP contribution in [0.4, 0.5) is 0 Å². The molecule has 1 amide bonds. The Hall–Kier alpha value is -1.28. The van der Waals surface area contributed by atoms with Crippen molar-refractivity contribution in [2.24, 2.45) is 0 Å². The van der Waals surface area contributed by atoms with E-state index in [2.05, 4.69) is 43.5 Å². The third-order valence-corrected chi connectivity index (χ3v) is 17.0. The molecule has 3 atom stereocenters. The Labute approximate surface area is 493 Å². The number of rotatable bonds is 65. The molecule has 8 nitrogen and oxygen atoms in total. The van der Waals surface area contributed by atoms with E-state index in [-0.39, 0.29) is 12.5 Å². The smallest absolute Gasteiger partial charge is 0.268 e. The summed E-state index contributed by atoms with van der Waals surface area (Å²) in [4.78, 5) is 25.6. The van der Waals surface area contributed by atoms with Gasteiger partial charge in [-0.05, 0) is 44.9 Å². The topological polar surface area (TPSA) is 108 Å². The average molecular weight is 1130 g/mol. The fraction of sp³-hybridized carbons (Fsp3) is 0.900. The third kappa shape index (κ3) is 64.1. The molecule has 468 valence electrons. The van der Waals surface area contributed by atoms with Gasteiger partial charge in [0, 0.05) is 6.42 Å². The maximum Gasteiger partial charge on any atom is 0.268 e. The van der Waals surface area contributed by atoms with Crippen LogP contribution in [0.1, 0.15) is 354 Å². The lowest BCUT2D eigenvalue weighted by Gasteiger charge is -2.29. The van der Waals surface area contributed by atoms with Crippen molar-refractivity contribution in [1.29, 1.82) is 0 Å². The van der Waals surface area contributed by atoms with E-state index in [1.54, 1.807) is 6.08 Å². The average Bonchev–Trinajstić information content (AvgIpc) is 3.42. The minimum Gasteiger partial charge on any atom is -0.756 e. The largest absolute Gasteiger partial charge is 0.756 e. The zero-order valence-corrected chi connectivity index (χ0v) is 54.5. The molecule has 0 aromatic carbocycles. The molecule has 0 aliphatic rings. The van der Waals surface area contributed by atoms with Crippen LogP contribution in [0, 0.1) is 0 Å². The fourth-order valence-electron chi connectivity index (χ4n) is 10.7. The van der Waals surface area contributed by atoms with Crippen molar-refractivity contribution in [3.8, 4) is 0 Å². The first-order valence-electron chi connectivity index (χ1n) is 34.9. The van der Waals surface area contributed by atoms with E-state index in [0.717, 1.165) is 44.9 Å². The van der Waals surface area contributed by atoms with Crippen molar-refractivity contribution in [1.82, 2.24) is 5.32 Å². The summed E-state index contributed by atoms with van der Waals surface area (Å²) in [7, 11) is 1.25. The molecule has 2 N–H and O–H groups in total. The number of phosphoric acid groups is 1. The predicted molar refractivity (Wildman–Crippen MR) is 344 cm³/mol. The SMILES string of the molecule is CCCCCCCCCCCCCCCCCCCCCC/C=C/CC/C=C/CC/C=C/C(O)C(COP(=O)([O-])OCC[N+](C)(C)C)NC(=O)CCCCCCCCCCCCCCCCCCCCCCCCCCCCC. The van der Waals surface area contributed by atoms with E-state index in [1.165, 1.54) is 289 Å². The highest BCUT2D eigenvalue weighted by atomic mass is 31.2. The van der Waals surface area contributed by atoms with Gasteiger partial charge < -0.3 is 28.8 Å². The van der Waals surface area contributed by atoms with Crippen LogP contribution in [-0.2, 0) is 18.4 Å². The number of hydrogen-bond acceptors (Lipinski definition) is 6. The Morgan fingerprint density at radius 3 is 1.03 bits per heavy atom. The van der Waals surface area contributed by atoms with Crippen molar-refractivity contribution >= 4 is 13.7 Å². The first-order chi connectivity index (χ1) is 38.5. The lowest BCUT2D eigenvalue weighted by atomic mass is 10.0. The molecule has 0 aromatic rings. The van der Waals surface area contributed by atoms with Crippen LogP contribution in [0.15, 0.2) is 36.5 Å². The molecular weight excluding hydrogens is 996 g/mol. The van der Waals surface area contributed by atoms with E-state index in [1.807, 2.05) is 27.2 Å². The summed E-state index contributed by atoms with van der Waals surface area (Å²) in [6.07, 6.45) is 81.4. The summed E-state index contributed by atoms with van der Waals surface area (Å²) >= 11 is 0. The fourth-order valence-corrected chi connectivity index (χ4v) is 11.4. The van der Waals surface area contributed by atoms with Gasteiger partial charge in [0.05, 0.1) is 39.9 Å². The minimum absolute atomic E-state index is 0.00708. The summed E-state index contributed by atoms with van der Waals surface area (Å²) in [5, 5.41) is 13.9. The number of aliphatic hydroxyl groups excluding tert-OH is 1. The maximum atomic E-state index is 13.0. The standard InChI is InChI=1S/C70H137N2O6P/c1-6-8-10-12-14-16-18-20-22-24-26-28-30-32-34-35-36-38-39-41-43-45-47-49-51-53-55-57-59-61-63-69(73)68(67-78-79(75,76)77-66-65-72(3,4)5)71-70(74)64-62-60-58-56-54-52-50-48-46-44-42-40-37-33-31-29-27-25-23-21-19-17-15-13-11-9-7-2/h45,47,53,55,61,63,68-69,73H,6-44,46,48-52,54,56-60,62,64-67H2,1-5H3,(H-,71,74,75,76)/b47-45+,55-53+,63-61+. The second kappa shape index (κ2) is 61.3. The quantitative estimate of drug-likeness (QED) is 0.0272. The lowest BCUT2D eigenvalue weighted by molar-refractivity contribution is -0.870. The van der Waals surface area contributed by atoms with Crippen LogP contribution in [0.5, 0.6) is 0 Å². The molecule has 79 heavy (non-hydrogen) atoms. The molecule has 0 heterocycles. The van der Waals surface area contributed by atoms with Crippen LogP contribution in [0.3, 0.4) is 0 Å². The van der Waals surface area contributed by atoms with Gasteiger partial charge in [-0.15, -0.1) is 0 Å². The number of hydrogen-bond donors (Lipinski definition) is 2. The molecular formula is C70H137N2O6P. The molecule has 0 spiro atoms. The van der Waals surface area contributed by atoms with Gasteiger partial charge in [-0.3, -0.25) is 9.36 Å². The van der Waals surface area contributed by atoms with Gasteiger partial charge >= 0.3 is 0 Å². The predicted octanol–water partition coefficient (Wildman–Crippen LogP) is 21.4. The molecule has 0 bridgehead atoms. The zero-order valence-electron chi connectivity index (χ0n) is 53.6. The van der Waals surface area contributed by atoms with Crippen molar-refractivity contribution in [2.45, 2.75) is 366 Å². The zero-order chi connectivity index (χ0) is 57.7. The number of amides is 1. The van der Waals surface area contributed by atoms with Crippen molar-refractivity contribution in [3.05, 3.63) is 36.5 Å². The van der Waals surface area contributed by atoms with E-state index in [9.17, 15) is 19.4 Å². The van der Waals surface area contributed by atoms with Crippen molar-refractivity contribution in [3.63, 3.8) is 0 Å². The highest BCUT2D eigenvalue weighted by Crippen LogP contribution is 2.38. The summed E-state index contributed by atoms with van der Waals surface area (Å²) in [6.45, 7) is 4.68. The van der Waals surface area contributed by atoms with Gasteiger partial charge in [-0.2, -0.15) is 0 Å². The number of aliphatic hydroxyl groups is 1. The number of phosphoric ester groups is 1. The Kier molecular flexibility index (Phi) is 60.3. The van der Waals surface area contributed by atoms with Gasteiger partial charge in [0.25, 0.3) is 7.82 Å². The van der Waals surface area contributed by atoms with Gasteiger partial charge in [0.1, 0.15) is 13.2 Å². The monoisotopic (exact) mass is 1130 g/mol. The normalized spacial score (nSPS) is 13.9. The number of likely N-dealkylation sites (N-methyl/N-ethyl adjacent to an activating group) is 1. The molecule has 0 aliphatic carbocycles. The molecule has 0 radical (unpaired) electrons. The number of nitrogens with one attached hydrogen (secondary N) is 1. The Morgan fingerprint density at radius 1 is 0.430 bits per heavy atom. The number of carbonyl (C=O) groups is 1. The maximum absolute atomic E-state index is 13.0. The van der Waals surface area contributed by atoms with E-state index < -0.39 is 26.6 Å². The highest BCUT2D eigenvalue weighted by molar-refractivity contribution is 7.45. The summed E-state index contributed by atoms with van der Waals surface area (Å²) in [5.74, 6) is -0.204. The van der Waals surface area contributed by atoms with Crippen LogP contribution < -0.4 is 10.2 Å². The van der Waals surface area contributed by atoms with Gasteiger partial charge in [0.2, 0.25) is 5.91 Å². The third-order valence-electron chi connectivity index (χ3n) is 16.1. The molecule has 0 saturated carbocycles. The van der Waals surface area contributed by atoms with E-state index >= 15 is 0 Å². The molecule has 0 rings (SSSR count). The molecule has 0 aliphatic heterocycles. The van der Waals surface area contributed by atoms with Gasteiger partial charge in [0.15, 0.2) is 0 Å². The molecule has 0 saturated heterocycles. The van der Waals surface area contributed by atoms with Gasteiger partial charge in [-0.1, -0.05) is 339 Å². The van der Waals surface area contributed by atoms with Crippen LogP contribution in [0.25, 0.3) is 0 Å². The summed E-state index contributed by atoms with van der Waals surface area (Å²) in [5.41, 5.74) is 0. The number of unbranched alkanes of at least 4 members (excludes halogenated alkanes) is 48. The first-order valence-corrected chi connectivity index (χ1v) is 36.3. The van der Waals surface area contributed by atoms with Crippen LogP contribution in [-0.4, -0.2) is 68.5 Å². The Balaban J connectivity index is 4.11. The number of quaternary nitrogens is 1. The Bertz CT molecular complexity index is 1380. The number of nitrogens with zero attached hydrogens (tertiary/aromatic N) is 1. The highest BCUT2D eigenvalue weighted by Gasteiger charge is 2.23. The van der Waals surface area contributed by atoms with E-state index in [0.29, 0.717) is 17.4 Å². The molecule has 3 unspecified atom stereocenters. The van der Waals surface area contributed by atoms with Crippen LogP contribution >= 0.6 is 7.82 Å². The summed E-state index contributed by atoms with van der Waals surface area (Å²) < 4.78 is 23.4. The van der Waals surface area contributed by atoms with E-state index in [4.69, 9.17) is 9.05 Å². The Morgan fingerprint density at radius 2 is 0.709 bits per heavy atom. The van der Waals surface area contributed by atoms with Crippen molar-refractivity contribution in [2.75, 3.05) is 40.9 Å². The minimum atomic E-state index is -4.61. The first kappa shape index (κ1) is 77.7. The van der Waals surface area contributed by atoms with Crippen LogP contribution in [0.2, 0.25) is 0 Å². The molecule has 9 heteroatoms. The van der Waals surface area contributed by atoms with Crippen molar-refractivity contribution < 1.29 is 32.9 Å². The number of carbonyl (C=O) groups excluding carboxylic acids is 1. The van der Waals surface area contributed by atoms with Gasteiger partial charge in [-0.25, -0.2) is 0 Å². The summed E-state index contributed by atoms with van der Waals surface area (Å²) in [6, 6.07) is -0.909. The molecule has 0 fully saturated rings.